The van der Waals surface area contributed by atoms with E-state index in [0.29, 0.717) is 0 Å². The predicted octanol–water partition coefficient (Wildman–Crippen LogP) is 4.86. The summed E-state index contributed by atoms with van der Waals surface area (Å²) in [6.07, 6.45) is 7.30. The second kappa shape index (κ2) is 4.74. The predicted molar refractivity (Wildman–Crippen MR) is 93.4 cm³/mol. The van der Waals surface area contributed by atoms with Crippen LogP contribution in [0.4, 0.5) is 0 Å². The molecule has 4 rings (SSSR count). The largest absolute Gasteiger partial charge is 0.317 e. The number of hydrogen-bond donors (Lipinski definition) is 0. The van der Waals surface area contributed by atoms with Crippen LogP contribution in [0.3, 0.4) is 0 Å². The first-order valence-electron chi connectivity index (χ1n) is 7.14. The summed E-state index contributed by atoms with van der Waals surface area (Å²) in [6, 6.07) is 14.8. The fraction of sp³-hybridized carbons (Fsp3) is 0. The van der Waals surface area contributed by atoms with E-state index >= 15 is 0 Å². The van der Waals surface area contributed by atoms with E-state index in [2.05, 4.69) is 59.1 Å². The Morgan fingerprint density at radius 3 is 2.55 bits per heavy atom. The maximum atomic E-state index is 4.43. The first-order valence-corrected chi connectivity index (χ1v) is 7.14. The molecular weight excluding hydrogens is 270 g/mol. The Balaban J connectivity index is 2.07. The van der Waals surface area contributed by atoms with Gasteiger partial charge >= 0.3 is 0 Å². The molecule has 0 spiro atoms. The van der Waals surface area contributed by atoms with Crippen LogP contribution in [0.2, 0.25) is 0 Å². The number of aromatic nitrogens is 3. The quantitative estimate of drug-likeness (QED) is 0.527. The van der Waals surface area contributed by atoms with Crippen molar-refractivity contribution in [3.05, 3.63) is 68.0 Å². The molecule has 0 bridgehead atoms. The van der Waals surface area contributed by atoms with E-state index in [4.69, 9.17) is 0 Å². The lowest BCUT2D eigenvalue weighted by molar-refractivity contribution is 1.15. The van der Waals surface area contributed by atoms with Gasteiger partial charge in [0.1, 0.15) is 5.82 Å². The van der Waals surface area contributed by atoms with E-state index in [0.717, 1.165) is 22.4 Å². The summed E-state index contributed by atoms with van der Waals surface area (Å²) in [5.41, 5.74) is 3.35. The van der Waals surface area contributed by atoms with Gasteiger partial charge in [-0.1, -0.05) is 43.5 Å². The number of benzene rings is 2. The van der Waals surface area contributed by atoms with Crippen LogP contribution in [0.15, 0.2) is 68.0 Å². The van der Waals surface area contributed by atoms with Crippen molar-refractivity contribution in [3.63, 3.8) is 0 Å². The van der Waals surface area contributed by atoms with Gasteiger partial charge in [-0.25, -0.2) is 4.98 Å². The van der Waals surface area contributed by atoms with Gasteiger partial charge in [-0.05, 0) is 12.1 Å². The lowest BCUT2D eigenvalue weighted by Crippen LogP contribution is -1.90. The summed E-state index contributed by atoms with van der Waals surface area (Å²) in [6.45, 7) is 7.78. The molecule has 0 aliphatic rings. The van der Waals surface area contributed by atoms with Gasteiger partial charge < -0.3 is 9.13 Å². The molecule has 106 valence electrons. The number of para-hydroxylation sites is 1. The molecular formula is C19H15N3. The minimum Gasteiger partial charge on any atom is -0.317 e. The van der Waals surface area contributed by atoms with Crippen molar-refractivity contribution in [1.82, 2.24) is 14.1 Å². The smallest absolute Gasteiger partial charge is 0.144 e. The van der Waals surface area contributed by atoms with Crippen molar-refractivity contribution in [2.75, 3.05) is 0 Å². The Kier molecular flexibility index (Phi) is 2.73. The highest BCUT2D eigenvalue weighted by atomic mass is 15.0. The second-order valence-corrected chi connectivity index (χ2v) is 5.14. The normalized spacial score (nSPS) is 11.1. The van der Waals surface area contributed by atoms with Gasteiger partial charge in [0, 0.05) is 41.1 Å². The molecule has 2 aromatic carbocycles. The summed E-state index contributed by atoms with van der Waals surface area (Å²) < 4.78 is 4.04. The molecule has 2 heterocycles. The molecule has 0 saturated heterocycles. The van der Waals surface area contributed by atoms with Crippen LogP contribution in [0.1, 0.15) is 0 Å². The standard InChI is InChI=1S/C19H15N3/c1-3-21-12-11-20-19(21)14-9-10-16-15-7-5-6-8-17(15)22(4-2)18(16)13-14/h3-13H,1-2H2. The maximum Gasteiger partial charge on any atom is 0.144 e. The van der Waals surface area contributed by atoms with Crippen molar-refractivity contribution in [3.8, 4) is 11.4 Å². The first kappa shape index (κ1) is 12.7. The minimum absolute atomic E-state index is 0.887. The molecule has 3 heteroatoms. The molecule has 0 saturated carbocycles. The number of imidazole rings is 1. The molecule has 0 N–H and O–H groups in total. The van der Waals surface area contributed by atoms with Crippen LogP contribution >= 0.6 is 0 Å². The van der Waals surface area contributed by atoms with E-state index in [1.54, 1.807) is 12.4 Å². The van der Waals surface area contributed by atoms with E-state index in [-0.39, 0.29) is 0 Å². The van der Waals surface area contributed by atoms with Crippen molar-refractivity contribution in [2.45, 2.75) is 0 Å². The van der Waals surface area contributed by atoms with E-state index < -0.39 is 0 Å². The molecule has 2 aromatic heterocycles. The van der Waals surface area contributed by atoms with E-state index in [1.807, 2.05) is 23.0 Å². The van der Waals surface area contributed by atoms with Crippen LogP contribution in [0, 0.1) is 0 Å². The number of fused-ring (bicyclic) bond motifs is 3. The molecule has 0 aliphatic carbocycles. The zero-order valence-electron chi connectivity index (χ0n) is 12.1. The van der Waals surface area contributed by atoms with E-state index in [1.165, 1.54) is 10.8 Å². The van der Waals surface area contributed by atoms with E-state index in [9.17, 15) is 0 Å². The second-order valence-electron chi connectivity index (χ2n) is 5.14. The monoisotopic (exact) mass is 285 g/mol. The Bertz CT molecular complexity index is 1020. The summed E-state index contributed by atoms with van der Waals surface area (Å²) in [7, 11) is 0. The number of hydrogen-bond acceptors (Lipinski definition) is 1. The van der Waals surface area contributed by atoms with Crippen molar-refractivity contribution >= 4 is 34.2 Å². The van der Waals surface area contributed by atoms with Gasteiger partial charge in [0.15, 0.2) is 0 Å². The molecule has 0 aliphatic heterocycles. The van der Waals surface area contributed by atoms with Crippen LogP contribution in [0.25, 0.3) is 45.6 Å². The van der Waals surface area contributed by atoms with Gasteiger partial charge in [-0.3, -0.25) is 0 Å². The lowest BCUT2D eigenvalue weighted by Gasteiger charge is -2.04. The Morgan fingerprint density at radius 2 is 1.73 bits per heavy atom. The van der Waals surface area contributed by atoms with Gasteiger partial charge in [0.05, 0.1) is 11.0 Å². The fourth-order valence-electron chi connectivity index (χ4n) is 3.02. The third-order valence-corrected chi connectivity index (χ3v) is 4.02. The van der Waals surface area contributed by atoms with Gasteiger partial charge in [-0.2, -0.15) is 0 Å². The van der Waals surface area contributed by atoms with Crippen LogP contribution in [0.5, 0.6) is 0 Å². The average molecular weight is 285 g/mol. The minimum atomic E-state index is 0.887. The van der Waals surface area contributed by atoms with Crippen LogP contribution in [-0.2, 0) is 0 Å². The van der Waals surface area contributed by atoms with Crippen molar-refractivity contribution < 1.29 is 0 Å². The Hall–Kier alpha value is -3.07. The lowest BCUT2D eigenvalue weighted by atomic mass is 10.1. The summed E-state index contributed by atoms with van der Waals surface area (Å²) in [5.74, 6) is 0.887. The number of nitrogens with zero attached hydrogens (tertiary/aromatic N) is 3. The number of rotatable bonds is 3. The Labute approximate surface area is 128 Å². The molecule has 0 fully saturated rings. The highest BCUT2D eigenvalue weighted by molar-refractivity contribution is 6.10. The summed E-state index contributed by atoms with van der Waals surface area (Å²) in [5, 5.41) is 2.45. The molecule has 0 atom stereocenters. The molecule has 4 aromatic rings. The SMILES string of the molecule is C=Cn1ccnc1-c1ccc2c3ccccc3n(C=C)c2c1. The average Bonchev–Trinajstić information content (AvgIpc) is 3.16. The molecule has 3 nitrogen and oxygen atoms in total. The van der Waals surface area contributed by atoms with Gasteiger partial charge in [0.2, 0.25) is 0 Å². The first-order chi connectivity index (χ1) is 10.8. The summed E-state index contributed by atoms with van der Waals surface area (Å²) >= 11 is 0. The third-order valence-electron chi connectivity index (χ3n) is 4.02. The molecule has 22 heavy (non-hydrogen) atoms. The van der Waals surface area contributed by atoms with Crippen molar-refractivity contribution in [2.24, 2.45) is 0 Å². The van der Waals surface area contributed by atoms with Gasteiger partial charge in [0.25, 0.3) is 0 Å². The molecule has 0 radical (unpaired) electrons. The molecule has 0 unspecified atom stereocenters. The zero-order chi connectivity index (χ0) is 15.1. The van der Waals surface area contributed by atoms with Gasteiger partial charge in [-0.15, -0.1) is 0 Å². The highest BCUT2D eigenvalue weighted by Crippen LogP contribution is 2.32. The maximum absolute atomic E-state index is 4.43. The highest BCUT2D eigenvalue weighted by Gasteiger charge is 2.11. The van der Waals surface area contributed by atoms with Crippen LogP contribution in [-0.4, -0.2) is 14.1 Å². The van der Waals surface area contributed by atoms with Crippen LogP contribution < -0.4 is 0 Å². The third kappa shape index (κ3) is 1.66. The zero-order valence-corrected chi connectivity index (χ0v) is 12.1. The molecule has 0 amide bonds. The van der Waals surface area contributed by atoms with Crippen molar-refractivity contribution in [1.29, 1.82) is 0 Å². The topological polar surface area (TPSA) is 22.8 Å². The fourth-order valence-corrected chi connectivity index (χ4v) is 3.02. The summed E-state index contributed by atoms with van der Waals surface area (Å²) in [4.78, 5) is 4.43. The Morgan fingerprint density at radius 1 is 0.909 bits per heavy atom.